The highest BCUT2D eigenvalue weighted by molar-refractivity contribution is 6.30. The zero-order chi connectivity index (χ0) is 24.6. The molecule has 3 aromatic carbocycles. The molecule has 0 heterocycles. The van der Waals surface area contributed by atoms with Crippen LogP contribution >= 0.6 is 11.6 Å². The van der Waals surface area contributed by atoms with Crippen LogP contribution in [0, 0.1) is 5.82 Å². The molecule has 1 aliphatic rings. The van der Waals surface area contributed by atoms with E-state index in [2.05, 4.69) is 0 Å². The summed E-state index contributed by atoms with van der Waals surface area (Å²) in [6.07, 6.45) is 0.603. The van der Waals surface area contributed by atoms with Crippen molar-refractivity contribution < 1.29 is 23.9 Å². The average Bonchev–Trinajstić information content (AvgIpc) is 3.20. The van der Waals surface area contributed by atoms with E-state index < -0.39 is 35.6 Å². The normalized spacial score (nSPS) is 15.4. The Kier molecular flexibility index (Phi) is 6.26. The molecule has 0 aromatic heterocycles. The molecule has 0 spiro atoms. The first-order chi connectivity index (χ1) is 16.2. The number of nitrogens with zero attached hydrogens (tertiary/aromatic N) is 1. The van der Waals surface area contributed by atoms with Gasteiger partial charge in [-0.3, -0.25) is 14.4 Å². The number of halogens is 2. The van der Waals surface area contributed by atoms with Crippen molar-refractivity contribution in [1.82, 2.24) is 4.90 Å². The lowest BCUT2D eigenvalue weighted by molar-refractivity contribution is -0.123. The van der Waals surface area contributed by atoms with Crippen molar-refractivity contribution in [2.24, 2.45) is 11.5 Å². The Morgan fingerprint density at radius 2 is 1.79 bits per heavy atom. The Hall–Kier alpha value is -3.91. The molecule has 3 amide bonds. The second-order valence-corrected chi connectivity index (χ2v) is 8.47. The topological polar surface area (TPSA) is 127 Å². The fourth-order valence-electron chi connectivity index (χ4n) is 4.47. The highest BCUT2D eigenvalue weighted by atomic mass is 35.5. The first kappa shape index (κ1) is 23.3. The molecular weight excluding hydrogens is 461 g/mol. The molecule has 0 bridgehead atoms. The van der Waals surface area contributed by atoms with Gasteiger partial charge in [0, 0.05) is 10.6 Å². The van der Waals surface area contributed by atoms with Gasteiger partial charge in [-0.15, -0.1) is 0 Å². The van der Waals surface area contributed by atoms with Crippen molar-refractivity contribution in [3.05, 3.63) is 99.3 Å². The van der Waals surface area contributed by atoms with E-state index in [1.165, 1.54) is 41.3 Å². The molecule has 2 atom stereocenters. The zero-order valence-corrected chi connectivity index (χ0v) is 18.6. The molecule has 4 rings (SSSR count). The Labute approximate surface area is 199 Å². The number of benzene rings is 3. The molecule has 5 N–H and O–H groups in total. The number of para-hydroxylation sites is 1. The monoisotopic (exact) mass is 481 g/mol. The zero-order valence-electron chi connectivity index (χ0n) is 17.9. The van der Waals surface area contributed by atoms with Gasteiger partial charge in [-0.1, -0.05) is 35.9 Å². The van der Waals surface area contributed by atoms with E-state index in [0.717, 1.165) is 0 Å². The molecule has 0 fully saturated rings. The maximum atomic E-state index is 14.6. The van der Waals surface area contributed by atoms with Gasteiger partial charge >= 0.3 is 0 Å². The van der Waals surface area contributed by atoms with Gasteiger partial charge in [0.05, 0.1) is 11.6 Å². The standard InChI is InChI=1S/C25H21ClFN3O4/c26-15-11-18-16(19(27)12-15)8-9-20(18)30(25(34)17-6-1-2-7-21(17)31)22(24(29)33)13-4-3-5-14(10-13)23(28)32/h1-7,10-12,20,22,31H,8-9H2,(H2,28,32)(H2,29,33)/t20-,22?/m1/s1. The Morgan fingerprint density at radius 1 is 1.06 bits per heavy atom. The Bertz CT molecular complexity index is 1310. The van der Waals surface area contributed by atoms with Gasteiger partial charge < -0.3 is 21.5 Å². The van der Waals surface area contributed by atoms with Crippen LogP contribution < -0.4 is 11.5 Å². The van der Waals surface area contributed by atoms with Crippen LogP contribution in [-0.2, 0) is 11.2 Å². The molecular formula is C25H21ClFN3O4. The predicted molar refractivity (Wildman–Crippen MR) is 124 cm³/mol. The molecule has 0 saturated heterocycles. The third kappa shape index (κ3) is 4.20. The predicted octanol–water partition coefficient (Wildman–Crippen LogP) is 3.64. The molecule has 0 saturated carbocycles. The van der Waals surface area contributed by atoms with E-state index in [-0.39, 0.29) is 27.5 Å². The lowest BCUT2D eigenvalue weighted by Crippen LogP contribution is -2.43. The van der Waals surface area contributed by atoms with Gasteiger partial charge in [0.25, 0.3) is 5.91 Å². The van der Waals surface area contributed by atoms with Crippen LogP contribution in [0.3, 0.4) is 0 Å². The van der Waals surface area contributed by atoms with Crippen LogP contribution in [-0.4, -0.2) is 27.7 Å². The number of carbonyl (C=O) groups is 3. The van der Waals surface area contributed by atoms with Crippen molar-refractivity contribution in [1.29, 1.82) is 0 Å². The van der Waals surface area contributed by atoms with Gasteiger partial charge in [-0.05, 0) is 65.9 Å². The van der Waals surface area contributed by atoms with Crippen LogP contribution in [0.15, 0.2) is 60.7 Å². The maximum absolute atomic E-state index is 14.6. The number of phenols is 1. The molecule has 7 nitrogen and oxygen atoms in total. The number of aromatic hydroxyl groups is 1. The first-order valence-electron chi connectivity index (χ1n) is 10.5. The summed E-state index contributed by atoms with van der Waals surface area (Å²) in [5.74, 6) is -3.08. The minimum atomic E-state index is -1.34. The summed E-state index contributed by atoms with van der Waals surface area (Å²) in [7, 11) is 0. The Morgan fingerprint density at radius 3 is 2.47 bits per heavy atom. The van der Waals surface area contributed by atoms with E-state index >= 15 is 0 Å². The van der Waals surface area contributed by atoms with Gasteiger partial charge in [0.1, 0.15) is 17.6 Å². The lowest BCUT2D eigenvalue weighted by atomic mass is 9.96. The fraction of sp³-hybridized carbons (Fsp3) is 0.160. The summed E-state index contributed by atoms with van der Waals surface area (Å²) in [4.78, 5) is 39.6. The quantitative estimate of drug-likeness (QED) is 0.496. The van der Waals surface area contributed by atoms with Crippen molar-refractivity contribution in [2.45, 2.75) is 24.9 Å². The van der Waals surface area contributed by atoms with E-state index in [9.17, 15) is 23.9 Å². The number of fused-ring (bicyclic) bond motifs is 1. The second kappa shape index (κ2) is 9.15. The average molecular weight is 482 g/mol. The largest absolute Gasteiger partial charge is 0.507 e. The third-order valence-electron chi connectivity index (χ3n) is 5.96. The van der Waals surface area contributed by atoms with Crippen LogP contribution in [0.25, 0.3) is 0 Å². The number of amides is 3. The number of carbonyl (C=O) groups excluding carboxylic acids is 3. The summed E-state index contributed by atoms with van der Waals surface area (Å²) in [5.41, 5.74) is 12.3. The first-order valence-corrected chi connectivity index (χ1v) is 10.8. The van der Waals surface area contributed by atoms with Gasteiger partial charge in [-0.2, -0.15) is 0 Å². The molecule has 1 unspecified atom stereocenters. The van der Waals surface area contributed by atoms with Crippen molar-refractivity contribution in [2.75, 3.05) is 0 Å². The van der Waals surface area contributed by atoms with Crippen LogP contribution in [0.2, 0.25) is 5.02 Å². The van der Waals surface area contributed by atoms with E-state index in [1.54, 1.807) is 24.3 Å². The molecule has 0 radical (unpaired) electrons. The van der Waals surface area contributed by atoms with Gasteiger partial charge in [-0.25, -0.2) is 4.39 Å². The number of hydrogen-bond donors (Lipinski definition) is 3. The molecule has 34 heavy (non-hydrogen) atoms. The van der Waals surface area contributed by atoms with Crippen LogP contribution in [0.5, 0.6) is 5.75 Å². The molecule has 1 aliphatic carbocycles. The van der Waals surface area contributed by atoms with E-state index in [4.69, 9.17) is 23.1 Å². The van der Waals surface area contributed by atoms with Crippen molar-refractivity contribution in [3.8, 4) is 5.75 Å². The SMILES string of the molecule is NC(=O)c1cccc(C(C(N)=O)N(C(=O)c2ccccc2O)[C@@H]2CCc3c(F)cc(Cl)cc32)c1. The van der Waals surface area contributed by atoms with Gasteiger partial charge in [0.15, 0.2) is 0 Å². The van der Waals surface area contributed by atoms with Gasteiger partial charge in [0.2, 0.25) is 11.8 Å². The highest BCUT2D eigenvalue weighted by Crippen LogP contribution is 2.43. The summed E-state index contributed by atoms with van der Waals surface area (Å²) < 4.78 is 14.6. The highest BCUT2D eigenvalue weighted by Gasteiger charge is 2.41. The van der Waals surface area contributed by atoms with Crippen molar-refractivity contribution >= 4 is 29.3 Å². The van der Waals surface area contributed by atoms with E-state index in [0.29, 0.717) is 24.0 Å². The van der Waals surface area contributed by atoms with Crippen LogP contribution in [0.1, 0.15) is 55.9 Å². The minimum absolute atomic E-state index is 0.0595. The molecule has 174 valence electrons. The molecule has 9 heteroatoms. The number of primary amides is 2. The summed E-state index contributed by atoms with van der Waals surface area (Å²) in [5, 5.41) is 10.5. The molecule has 0 aliphatic heterocycles. The van der Waals surface area contributed by atoms with Crippen molar-refractivity contribution in [3.63, 3.8) is 0 Å². The number of nitrogens with two attached hydrogens (primary N) is 2. The Balaban J connectivity index is 1.92. The number of phenolic OH excluding ortho intramolecular Hbond substituents is 1. The number of hydrogen-bond acceptors (Lipinski definition) is 4. The van der Waals surface area contributed by atoms with E-state index in [1.807, 2.05) is 0 Å². The lowest BCUT2D eigenvalue weighted by Gasteiger charge is -2.36. The summed E-state index contributed by atoms with van der Waals surface area (Å²) >= 11 is 6.11. The smallest absolute Gasteiger partial charge is 0.259 e. The fourth-order valence-corrected chi connectivity index (χ4v) is 4.68. The number of rotatable bonds is 6. The second-order valence-electron chi connectivity index (χ2n) is 8.03. The van der Waals surface area contributed by atoms with Crippen LogP contribution in [0.4, 0.5) is 4.39 Å². The summed E-state index contributed by atoms with van der Waals surface area (Å²) in [6.45, 7) is 0. The minimum Gasteiger partial charge on any atom is -0.507 e. The maximum Gasteiger partial charge on any atom is 0.259 e. The third-order valence-corrected chi connectivity index (χ3v) is 6.18. The molecule has 3 aromatic rings. The summed E-state index contributed by atoms with van der Waals surface area (Å²) in [6, 6.07) is 12.4.